The molecule has 7 nitrogen and oxygen atoms in total. The Labute approximate surface area is 190 Å². The first-order valence-electron chi connectivity index (χ1n) is 10.4. The molecule has 1 N–H and O–H groups in total. The van der Waals surface area contributed by atoms with Crippen LogP contribution in [0.25, 0.3) is 11.0 Å². The van der Waals surface area contributed by atoms with E-state index in [0.717, 1.165) is 5.56 Å². The Balaban J connectivity index is 1.50. The van der Waals surface area contributed by atoms with Crippen LogP contribution in [0.15, 0.2) is 80.6 Å². The SMILES string of the molecule is CC(C)(C)c1ccc(C(=O)Oc2ccc3cc(C(=O)NCc4ccco4)c(=O)oc3c2)cc1. The van der Waals surface area contributed by atoms with Crippen LogP contribution >= 0.6 is 0 Å². The Hall–Kier alpha value is -4.13. The van der Waals surface area contributed by atoms with Crippen molar-refractivity contribution in [2.75, 3.05) is 0 Å². The maximum atomic E-state index is 12.5. The molecule has 2 aromatic heterocycles. The highest BCUT2D eigenvalue weighted by Crippen LogP contribution is 2.24. The van der Waals surface area contributed by atoms with E-state index in [1.54, 1.807) is 36.4 Å². The lowest BCUT2D eigenvalue weighted by Crippen LogP contribution is -2.27. The van der Waals surface area contributed by atoms with Gasteiger partial charge in [0.1, 0.15) is 22.7 Å². The number of esters is 1. The Morgan fingerprint density at radius 3 is 2.42 bits per heavy atom. The third kappa shape index (κ3) is 5.03. The van der Waals surface area contributed by atoms with Crippen LogP contribution in [0.3, 0.4) is 0 Å². The van der Waals surface area contributed by atoms with E-state index in [4.69, 9.17) is 13.6 Å². The van der Waals surface area contributed by atoms with Gasteiger partial charge in [-0.3, -0.25) is 4.79 Å². The first-order valence-corrected chi connectivity index (χ1v) is 10.4. The average molecular weight is 445 g/mol. The highest BCUT2D eigenvalue weighted by atomic mass is 16.5. The van der Waals surface area contributed by atoms with E-state index in [-0.39, 0.29) is 28.9 Å². The maximum absolute atomic E-state index is 12.5. The number of benzene rings is 2. The van der Waals surface area contributed by atoms with Crippen LogP contribution in [0.2, 0.25) is 0 Å². The standard InChI is InChI=1S/C26H23NO6/c1-26(2,3)18-9-6-16(7-10-18)24(29)32-19-11-8-17-13-21(25(30)33-22(17)14-19)23(28)27-15-20-5-4-12-31-20/h4-14H,15H2,1-3H3,(H,27,28). The minimum absolute atomic E-state index is 0.0210. The van der Waals surface area contributed by atoms with Gasteiger partial charge in [-0.1, -0.05) is 32.9 Å². The van der Waals surface area contributed by atoms with E-state index in [9.17, 15) is 14.4 Å². The fourth-order valence-electron chi connectivity index (χ4n) is 3.26. The third-order valence-electron chi connectivity index (χ3n) is 5.15. The molecule has 0 aliphatic rings. The van der Waals surface area contributed by atoms with E-state index in [2.05, 4.69) is 26.1 Å². The summed E-state index contributed by atoms with van der Waals surface area (Å²) in [6.07, 6.45) is 1.50. The van der Waals surface area contributed by atoms with Gasteiger partial charge in [-0.2, -0.15) is 0 Å². The zero-order valence-electron chi connectivity index (χ0n) is 18.5. The van der Waals surface area contributed by atoms with Crippen LogP contribution in [-0.4, -0.2) is 11.9 Å². The summed E-state index contributed by atoms with van der Waals surface area (Å²) in [5, 5.41) is 3.13. The summed E-state index contributed by atoms with van der Waals surface area (Å²) in [6, 6.07) is 16.7. The number of hydrogen-bond acceptors (Lipinski definition) is 6. The van der Waals surface area contributed by atoms with Gasteiger partial charge in [0.15, 0.2) is 0 Å². The first kappa shape index (κ1) is 22.1. The minimum Gasteiger partial charge on any atom is -0.467 e. The highest BCUT2D eigenvalue weighted by molar-refractivity contribution is 5.97. The van der Waals surface area contributed by atoms with Crippen LogP contribution in [0.1, 0.15) is 52.8 Å². The zero-order chi connectivity index (χ0) is 23.6. The van der Waals surface area contributed by atoms with Crippen molar-refractivity contribution in [3.63, 3.8) is 0 Å². The number of ether oxygens (including phenoxy) is 1. The Bertz CT molecular complexity index is 1360. The van der Waals surface area contributed by atoms with Crippen molar-refractivity contribution in [2.24, 2.45) is 0 Å². The van der Waals surface area contributed by atoms with Crippen molar-refractivity contribution < 1.29 is 23.2 Å². The molecule has 7 heteroatoms. The number of amides is 1. The highest BCUT2D eigenvalue weighted by Gasteiger charge is 2.17. The molecule has 1 amide bonds. The molecule has 0 fully saturated rings. The van der Waals surface area contributed by atoms with E-state index < -0.39 is 17.5 Å². The second kappa shape index (κ2) is 8.78. The summed E-state index contributed by atoms with van der Waals surface area (Å²) < 4.78 is 15.9. The second-order valence-corrected chi connectivity index (χ2v) is 8.63. The topological polar surface area (TPSA) is 98.8 Å². The fourth-order valence-corrected chi connectivity index (χ4v) is 3.26. The number of hydrogen-bond donors (Lipinski definition) is 1. The van der Waals surface area contributed by atoms with Crippen LogP contribution in [-0.2, 0) is 12.0 Å². The van der Waals surface area contributed by atoms with Crippen molar-refractivity contribution in [1.29, 1.82) is 0 Å². The predicted octanol–water partition coefficient (Wildman–Crippen LogP) is 4.83. The summed E-state index contributed by atoms with van der Waals surface area (Å²) in [7, 11) is 0. The Kier molecular flexibility index (Phi) is 5.87. The fraction of sp³-hybridized carbons (Fsp3) is 0.192. The van der Waals surface area contributed by atoms with Gasteiger partial charge < -0.3 is 18.9 Å². The van der Waals surface area contributed by atoms with E-state index in [1.807, 2.05) is 12.1 Å². The van der Waals surface area contributed by atoms with Crippen molar-refractivity contribution in [1.82, 2.24) is 5.32 Å². The predicted molar refractivity (Wildman–Crippen MR) is 122 cm³/mol. The molecule has 4 aromatic rings. The molecule has 2 aromatic carbocycles. The van der Waals surface area contributed by atoms with Crippen molar-refractivity contribution in [3.05, 3.63) is 99.8 Å². The van der Waals surface area contributed by atoms with Gasteiger partial charge in [0.2, 0.25) is 0 Å². The third-order valence-corrected chi connectivity index (χ3v) is 5.15. The molecule has 0 unspecified atom stereocenters. The van der Waals surface area contributed by atoms with Gasteiger partial charge in [0.25, 0.3) is 5.91 Å². The van der Waals surface area contributed by atoms with Crippen LogP contribution in [0.4, 0.5) is 0 Å². The van der Waals surface area contributed by atoms with E-state index in [0.29, 0.717) is 16.7 Å². The van der Waals surface area contributed by atoms with Crippen molar-refractivity contribution in [3.8, 4) is 5.75 Å². The average Bonchev–Trinajstić information content (AvgIpc) is 3.30. The number of carbonyl (C=O) groups excluding carboxylic acids is 2. The molecule has 0 aliphatic carbocycles. The van der Waals surface area contributed by atoms with Gasteiger partial charge in [-0.25, -0.2) is 9.59 Å². The van der Waals surface area contributed by atoms with Crippen LogP contribution in [0, 0.1) is 0 Å². The molecule has 0 radical (unpaired) electrons. The quantitative estimate of drug-likeness (QED) is 0.268. The molecular formula is C26H23NO6. The van der Waals surface area contributed by atoms with Gasteiger partial charge >= 0.3 is 11.6 Å². The lowest BCUT2D eigenvalue weighted by atomic mass is 9.87. The maximum Gasteiger partial charge on any atom is 0.349 e. The first-order chi connectivity index (χ1) is 15.7. The van der Waals surface area contributed by atoms with E-state index in [1.165, 1.54) is 18.4 Å². The lowest BCUT2D eigenvalue weighted by Gasteiger charge is -2.18. The molecule has 0 spiro atoms. The van der Waals surface area contributed by atoms with Gasteiger partial charge in [-0.05, 0) is 53.4 Å². The second-order valence-electron chi connectivity index (χ2n) is 8.63. The van der Waals surface area contributed by atoms with Crippen molar-refractivity contribution in [2.45, 2.75) is 32.7 Å². The number of furan rings is 1. The van der Waals surface area contributed by atoms with Crippen LogP contribution < -0.4 is 15.7 Å². The summed E-state index contributed by atoms with van der Waals surface area (Å²) in [6.45, 7) is 6.43. The summed E-state index contributed by atoms with van der Waals surface area (Å²) in [5.74, 6) is -0.305. The summed E-state index contributed by atoms with van der Waals surface area (Å²) >= 11 is 0. The van der Waals surface area contributed by atoms with Gasteiger partial charge in [0.05, 0.1) is 18.4 Å². The molecule has 0 saturated carbocycles. The molecule has 0 saturated heterocycles. The van der Waals surface area contributed by atoms with E-state index >= 15 is 0 Å². The molecule has 4 rings (SSSR count). The number of carbonyl (C=O) groups is 2. The number of nitrogens with one attached hydrogen (secondary N) is 1. The molecule has 0 atom stereocenters. The summed E-state index contributed by atoms with van der Waals surface area (Å²) in [4.78, 5) is 37.2. The molecular weight excluding hydrogens is 422 g/mol. The molecule has 168 valence electrons. The molecule has 33 heavy (non-hydrogen) atoms. The Morgan fingerprint density at radius 2 is 1.76 bits per heavy atom. The smallest absolute Gasteiger partial charge is 0.349 e. The lowest BCUT2D eigenvalue weighted by molar-refractivity contribution is 0.0734. The van der Waals surface area contributed by atoms with Gasteiger partial charge in [0, 0.05) is 11.5 Å². The number of fused-ring (bicyclic) bond motifs is 1. The monoisotopic (exact) mass is 445 g/mol. The Morgan fingerprint density at radius 1 is 1.00 bits per heavy atom. The van der Waals surface area contributed by atoms with Crippen LogP contribution in [0.5, 0.6) is 5.75 Å². The zero-order valence-corrected chi connectivity index (χ0v) is 18.5. The van der Waals surface area contributed by atoms with Gasteiger partial charge in [-0.15, -0.1) is 0 Å². The summed E-state index contributed by atoms with van der Waals surface area (Å²) in [5.41, 5.74) is 0.783. The number of rotatable bonds is 5. The molecule has 0 bridgehead atoms. The molecule has 0 aliphatic heterocycles. The normalized spacial score (nSPS) is 11.4. The van der Waals surface area contributed by atoms with Crippen molar-refractivity contribution >= 4 is 22.8 Å². The largest absolute Gasteiger partial charge is 0.467 e. The molecule has 2 heterocycles. The minimum atomic E-state index is -0.791.